The van der Waals surface area contributed by atoms with Gasteiger partial charge in [0, 0.05) is 28.3 Å². The number of hydrogen-bond donors (Lipinski definition) is 2. The molecule has 2 saturated carbocycles. The fourth-order valence-electron chi connectivity index (χ4n) is 6.83. The lowest BCUT2D eigenvalue weighted by atomic mass is 9.77. The lowest BCUT2D eigenvalue weighted by molar-refractivity contribution is 0.143. The molecule has 1 aromatic heterocycles. The summed E-state index contributed by atoms with van der Waals surface area (Å²) in [4.78, 5) is 13.5. The summed E-state index contributed by atoms with van der Waals surface area (Å²) in [6.45, 7) is 0.0800. The normalized spacial score (nSPS) is 31.9. The average molecular weight is 499 g/mol. The Morgan fingerprint density at radius 2 is 1.79 bits per heavy atom. The van der Waals surface area contributed by atoms with Crippen molar-refractivity contribution in [1.82, 2.24) is 9.97 Å². The van der Waals surface area contributed by atoms with Crippen LogP contribution < -0.4 is 10.2 Å². The molecule has 5 aliphatic rings. The van der Waals surface area contributed by atoms with Gasteiger partial charge in [-0.25, -0.2) is 4.98 Å². The minimum Gasteiger partial charge on any atom is -0.394 e. The average Bonchev–Trinajstić information content (AvgIpc) is 3.46. The minimum absolute atomic E-state index is 0.0129. The van der Waals surface area contributed by atoms with Crippen molar-refractivity contribution < 1.29 is 9.32 Å². The van der Waals surface area contributed by atoms with Crippen LogP contribution in [0.3, 0.4) is 0 Å². The largest absolute Gasteiger partial charge is 0.394 e. The summed E-state index contributed by atoms with van der Waals surface area (Å²) in [6, 6.07) is 9.19. The second kappa shape index (κ2) is 7.65. The number of hydrogen-bond acceptors (Lipinski definition) is 6. The standard InChI is InChI=1S/C26H31ClN4O2S/c27-18-4-2-16(3-5-18)17-12-19-6-7-20(13-17)31(19)24-28-22-21(34(33)15-25(22)10-11-25)23(29-24)30-26(14-32)8-1-9-26/h2-5,17,19-20,32H,1,6-15H2,(H,28,29,30)/t17?,19?,20?,34-/m0/s1. The number of anilines is 2. The van der Waals surface area contributed by atoms with E-state index in [1.54, 1.807) is 0 Å². The van der Waals surface area contributed by atoms with Crippen molar-refractivity contribution in [3.05, 3.63) is 40.5 Å². The molecule has 2 aromatic rings. The maximum atomic E-state index is 13.2. The van der Waals surface area contributed by atoms with Gasteiger partial charge in [0.1, 0.15) is 10.7 Å². The van der Waals surface area contributed by atoms with Gasteiger partial charge in [-0.3, -0.25) is 4.21 Å². The van der Waals surface area contributed by atoms with Crippen LogP contribution in [0.25, 0.3) is 0 Å². The van der Waals surface area contributed by atoms with E-state index in [-0.39, 0.29) is 17.6 Å². The zero-order valence-corrected chi connectivity index (χ0v) is 20.9. The molecule has 2 N–H and O–H groups in total. The van der Waals surface area contributed by atoms with Crippen LogP contribution in [0.4, 0.5) is 11.8 Å². The summed E-state index contributed by atoms with van der Waals surface area (Å²) >= 11 is 6.13. The molecule has 8 heteroatoms. The van der Waals surface area contributed by atoms with Crippen LogP contribution >= 0.6 is 11.6 Å². The number of halogens is 1. The van der Waals surface area contributed by atoms with E-state index in [1.807, 2.05) is 12.1 Å². The highest BCUT2D eigenvalue weighted by molar-refractivity contribution is 7.85. The van der Waals surface area contributed by atoms with Crippen molar-refractivity contribution in [3.63, 3.8) is 0 Å². The van der Waals surface area contributed by atoms with E-state index in [0.717, 1.165) is 85.2 Å². The van der Waals surface area contributed by atoms with E-state index in [9.17, 15) is 9.32 Å². The molecule has 2 bridgehead atoms. The molecule has 180 valence electrons. The smallest absolute Gasteiger partial charge is 0.228 e. The number of fused-ring (bicyclic) bond motifs is 4. The first-order valence-electron chi connectivity index (χ1n) is 12.7. The molecule has 3 atom stereocenters. The van der Waals surface area contributed by atoms with E-state index < -0.39 is 10.8 Å². The van der Waals surface area contributed by atoms with Gasteiger partial charge in [0.05, 0.1) is 28.6 Å². The summed E-state index contributed by atoms with van der Waals surface area (Å²) in [5, 5.41) is 14.5. The number of nitrogens with zero attached hydrogens (tertiary/aromatic N) is 3. The Kier molecular flexibility index (Phi) is 4.85. The molecule has 1 aromatic carbocycles. The Labute approximate surface area is 208 Å². The van der Waals surface area contributed by atoms with Crippen LogP contribution in [0.1, 0.15) is 75.0 Å². The summed E-state index contributed by atoms with van der Waals surface area (Å²) in [7, 11) is -1.08. The van der Waals surface area contributed by atoms with Gasteiger partial charge in [0.15, 0.2) is 0 Å². The molecule has 34 heavy (non-hydrogen) atoms. The second-order valence-electron chi connectivity index (χ2n) is 11.2. The first-order valence-corrected chi connectivity index (χ1v) is 14.4. The number of rotatable bonds is 5. The van der Waals surface area contributed by atoms with Gasteiger partial charge < -0.3 is 15.3 Å². The van der Waals surface area contributed by atoms with Crippen molar-refractivity contribution in [3.8, 4) is 0 Å². The van der Waals surface area contributed by atoms with Gasteiger partial charge in [-0.1, -0.05) is 23.7 Å². The van der Waals surface area contributed by atoms with Gasteiger partial charge in [-0.2, -0.15) is 4.98 Å². The third kappa shape index (κ3) is 3.26. The number of piperidine rings is 1. The van der Waals surface area contributed by atoms with Crippen LogP contribution in [-0.4, -0.2) is 49.3 Å². The summed E-state index contributed by atoms with van der Waals surface area (Å²) in [5.41, 5.74) is 2.05. The Morgan fingerprint density at radius 1 is 1.09 bits per heavy atom. The molecule has 2 aliphatic carbocycles. The number of nitrogens with one attached hydrogen (secondary N) is 1. The van der Waals surface area contributed by atoms with Crippen LogP contribution in [0, 0.1) is 0 Å². The molecule has 7 rings (SSSR count). The molecule has 4 fully saturated rings. The molecule has 0 radical (unpaired) electrons. The third-order valence-electron chi connectivity index (χ3n) is 9.15. The van der Waals surface area contributed by atoms with Gasteiger partial charge in [0.25, 0.3) is 0 Å². The molecule has 4 heterocycles. The molecular formula is C26H31ClN4O2S. The Bertz CT molecular complexity index is 1140. The summed E-state index contributed by atoms with van der Waals surface area (Å²) in [5.74, 6) is 2.73. The summed E-state index contributed by atoms with van der Waals surface area (Å²) < 4.78 is 13.2. The van der Waals surface area contributed by atoms with E-state index in [0.29, 0.717) is 23.8 Å². The minimum atomic E-state index is -1.08. The molecule has 6 nitrogen and oxygen atoms in total. The monoisotopic (exact) mass is 498 g/mol. The second-order valence-corrected chi connectivity index (χ2v) is 13.1. The zero-order chi connectivity index (χ0) is 23.1. The van der Waals surface area contributed by atoms with Crippen molar-refractivity contribution in [2.75, 3.05) is 22.6 Å². The molecule has 1 spiro atoms. The number of aliphatic hydroxyl groups is 1. The third-order valence-corrected chi connectivity index (χ3v) is 11.1. The predicted molar refractivity (Wildman–Crippen MR) is 134 cm³/mol. The molecule has 3 aliphatic heterocycles. The van der Waals surface area contributed by atoms with E-state index >= 15 is 0 Å². The quantitative estimate of drug-likeness (QED) is 0.630. The van der Waals surface area contributed by atoms with Crippen molar-refractivity contribution in [2.45, 2.75) is 91.6 Å². The molecule has 2 unspecified atom stereocenters. The number of aliphatic hydroxyl groups excluding tert-OH is 1. The van der Waals surface area contributed by atoms with Gasteiger partial charge >= 0.3 is 0 Å². The van der Waals surface area contributed by atoms with Crippen molar-refractivity contribution in [2.24, 2.45) is 0 Å². The van der Waals surface area contributed by atoms with Crippen LogP contribution in [0.15, 0.2) is 29.2 Å². The lowest BCUT2D eigenvalue weighted by Crippen LogP contribution is -2.49. The number of aromatic nitrogens is 2. The maximum Gasteiger partial charge on any atom is 0.228 e. The fraction of sp³-hybridized carbons (Fsp3) is 0.615. The van der Waals surface area contributed by atoms with Gasteiger partial charge in [-0.15, -0.1) is 0 Å². The van der Waals surface area contributed by atoms with E-state index in [2.05, 4.69) is 22.3 Å². The van der Waals surface area contributed by atoms with Crippen LogP contribution in [0.2, 0.25) is 5.02 Å². The zero-order valence-electron chi connectivity index (χ0n) is 19.3. The maximum absolute atomic E-state index is 13.2. The SMILES string of the molecule is O=[S@]1CC2(CC2)c2nc(N3C4CCC3CC(c3ccc(Cl)cc3)C4)nc(NC3(CO)CCC3)c21. The van der Waals surface area contributed by atoms with Crippen molar-refractivity contribution >= 4 is 34.2 Å². The fourth-order valence-corrected chi connectivity index (χ4v) is 8.81. The first kappa shape index (κ1) is 21.6. The topological polar surface area (TPSA) is 78.4 Å². The van der Waals surface area contributed by atoms with E-state index in [1.165, 1.54) is 5.56 Å². The van der Waals surface area contributed by atoms with Gasteiger partial charge in [0.2, 0.25) is 5.95 Å². The number of benzene rings is 1. The first-order chi connectivity index (χ1) is 16.5. The van der Waals surface area contributed by atoms with Gasteiger partial charge in [-0.05, 0) is 81.4 Å². The molecule has 0 amide bonds. The molecular weight excluding hydrogens is 468 g/mol. The highest BCUT2D eigenvalue weighted by Gasteiger charge is 2.56. The summed E-state index contributed by atoms with van der Waals surface area (Å²) in [6.07, 6.45) is 9.60. The van der Waals surface area contributed by atoms with E-state index in [4.69, 9.17) is 21.6 Å². The molecule has 2 saturated heterocycles. The Hall–Kier alpha value is -1.70. The van der Waals surface area contributed by atoms with Crippen LogP contribution in [0.5, 0.6) is 0 Å². The Morgan fingerprint density at radius 3 is 2.38 bits per heavy atom. The lowest BCUT2D eigenvalue weighted by Gasteiger charge is -2.42. The predicted octanol–water partition coefficient (Wildman–Crippen LogP) is 4.52. The highest BCUT2D eigenvalue weighted by Crippen LogP contribution is 2.57. The Balaban J connectivity index is 1.25. The van der Waals surface area contributed by atoms with Crippen LogP contribution in [-0.2, 0) is 16.2 Å². The van der Waals surface area contributed by atoms with Crippen molar-refractivity contribution in [1.29, 1.82) is 0 Å². The highest BCUT2D eigenvalue weighted by atomic mass is 35.5.